The van der Waals surface area contributed by atoms with Crippen molar-refractivity contribution in [2.45, 2.75) is 32.6 Å². The van der Waals surface area contributed by atoms with Gasteiger partial charge in [-0.15, -0.1) is 0 Å². The van der Waals surface area contributed by atoms with Gasteiger partial charge in [-0.1, -0.05) is 24.3 Å². The number of carboxylic acid groups (broad SMARTS) is 1. The van der Waals surface area contributed by atoms with Crippen molar-refractivity contribution in [2.75, 3.05) is 13.2 Å². The van der Waals surface area contributed by atoms with E-state index >= 15 is 0 Å². The van der Waals surface area contributed by atoms with Gasteiger partial charge in [-0.05, 0) is 50.3 Å². The minimum Gasteiger partial charge on any atom is -0.494 e. The molecule has 0 aliphatic heterocycles. The van der Waals surface area contributed by atoms with Crippen molar-refractivity contribution in [3.63, 3.8) is 0 Å². The van der Waals surface area contributed by atoms with E-state index in [9.17, 15) is 14.7 Å². The lowest BCUT2D eigenvalue weighted by Gasteiger charge is -2.19. The van der Waals surface area contributed by atoms with Crippen LogP contribution in [0.4, 0.5) is 0 Å². The maximum atomic E-state index is 12.1. The Bertz CT molecular complexity index is 580. The number of rotatable bonds is 8. The highest BCUT2D eigenvalue weighted by Gasteiger charge is 2.22. The normalized spacial score (nSPS) is 18.0. The van der Waals surface area contributed by atoms with Crippen LogP contribution in [-0.4, -0.2) is 30.1 Å². The summed E-state index contributed by atoms with van der Waals surface area (Å²) in [6, 6.07) is 7.42. The molecular weight excluding hydrogens is 306 g/mol. The minimum absolute atomic E-state index is 0.0325. The van der Waals surface area contributed by atoms with Gasteiger partial charge in [-0.2, -0.15) is 0 Å². The highest BCUT2D eigenvalue weighted by molar-refractivity contribution is 5.80. The molecule has 5 heteroatoms. The molecule has 0 radical (unpaired) electrons. The number of carbonyl (C=O) groups is 2. The van der Waals surface area contributed by atoms with Gasteiger partial charge >= 0.3 is 5.97 Å². The second kappa shape index (κ2) is 9.11. The second-order valence-electron chi connectivity index (χ2n) is 6.04. The molecule has 2 atom stereocenters. The zero-order valence-corrected chi connectivity index (χ0v) is 14.0. The Morgan fingerprint density at radius 1 is 1.29 bits per heavy atom. The molecule has 2 unspecified atom stereocenters. The summed E-state index contributed by atoms with van der Waals surface area (Å²) in [7, 11) is 0. The molecule has 1 aromatic rings. The summed E-state index contributed by atoms with van der Waals surface area (Å²) in [5, 5.41) is 12.2. The predicted molar refractivity (Wildman–Crippen MR) is 91.9 cm³/mol. The Hall–Kier alpha value is -2.30. The molecular formula is C19H25NO4. The van der Waals surface area contributed by atoms with Crippen LogP contribution in [0.3, 0.4) is 0 Å². The molecule has 1 aromatic carbocycles. The lowest BCUT2D eigenvalue weighted by Crippen LogP contribution is -2.37. The third kappa shape index (κ3) is 5.41. The van der Waals surface area contributed by atoms with Gasteiger partial charge in [0.05, 0.1) is 12.5 Å². The van der Waals surface area contributed by atoms with Crippen molar-refractivity contribution in [2.24, 2.45) is 11.8 Å². The molecule has 0 spiro atoms. The van der Waals surface area contributed by atoms with E-state index in [0.717, 1.165) is 30.6 Å². The van der Waals surface area contributed by atoms with E-state index in [4.69, 9.17) is 4.74 Å². The lowest BCUT2D eigenvalue weighted by molar-refractivity contribution is -0.141. The molecule has 5 nitrogen and oxygen atoms in total. The van der Waals surface area contributed by atoms with Gasteiger partial charge < -0.3 is 15.2 Å². The Balaban J connectivity index is 1.88. The van der Waals surface area contributed by atoms with E-state index < -0.39 is 11.9 Å². The fourth-order valence-electron chi connectivity index (χ4n) is 2.82. The Labute approximate surface area is 142 Å². The minimum atomic E-state index is -0.896. The van der Waals surface area contributed by atoms with Crippen LogP contribution in [0.15, 0.2) is 36.4 Å². The van der Waals surface area contributed by atoms with E-state index in [0.29, 0.717) is 13.0 Å². The Kier molecular flexibility index (Phi) is 6.85. The number of carboxylic acids is 1. The first-order chi connectivity index (χ1) is 11.6. The zero-order valence-electron chi connectivity index (χ0n) is 14.0. The molecule has 24 heavy (non-hydrogen) atoms. The number of benzene rings is 1. The highest BCUT2D eigenvalue weighted by atomic mass is 16.5. The van der Waals surface area contributed by atoms with Crippen LogP contribution in [0.25, 0.3) is 0 Å². The summed E-state index contributed by atoms with van der Waals surface area (Å²) >= 11 is 0. The number of amides is 1. The van der Waals surface area contributed by atoms with Gasteiger partial charge in [0.1, 0.15) is 5.75 Å². The molecule has 130 valence electrons. The number of carbonyl (C=O) groups excluding carboxylic acids is 1. The van der Waals surface area contributed by atoms with Crippen LogP contribution >= 0.6 is 0 Å². The van der Waals surface area contributed by atoms with E-state index in [1.54, 1.807) is 0 Å². The fraction of sp³-hybridized carbons (Fsp3) is 0.474. The maximum absolute atomic E-state index is 12.1. The predicted octanol–water partition coefficient (Wildman–Crippen LogP) is 2.80. The summed E-state index contributed by atoms with van der Waals surface area (Å²) in [6.45, 7) is 2.67. The summed E-state index contributed by atoms with van der Waals surface area (Å²) in [4.78, 5) is 23.6. The number of hydrogen-bond acceptors (Lipinski definition) is 3. The van der Waals surface area contributed by atoms with Gasteiger partial charge in [-0.25, -0.2) is 0 Å². The standard InChI is InChI=1S/C19H25NO4/c1-2-24-17-10-8-14(9-11-17)12-16(19(22)23)13-20-18(21)15-6-4-3-5-7-15/h3-4,8-11,15-16H,2,5-7,12-13H2,1H3,(H,20,21)(H,22,23). The molecule has 0 aromatic heterocycles. The zero-order chi connectivity index (χ0) is 17.4. The quantitative estimate of drug-likeness (QED) is 0.718. The molecule has 2 rings (SSSR count). The third-order valence-electron chi connectivity index (χ3n) is 4.23. The third-order valence-corrected chi connectivity index (χ3v) is 4.23. The van der Waals surface area contributed by atoms with E-state index in [1.807, 2.05) is 37.3 Å². The number of hydrogen-bond donors (Lipinski definition) is 2. The van der Waals surface area contributed by atoms with E-state index in [1.165, 1.54) is 0 Å². The molecule has 0 saturated carbocycles. The van der Waals surface area contributed by atoms with Crippen molar-refractivity contribution in [3.8, 4) is 5.75 Å². The lowest BCUT2D eigenvalue weighted by atomic mass is 9.93. The maximum Gasteiger partial charge on any atom is 0.308 e. The van der Waals surface area contributed by atoms with Crippen LogP contribution in [0.2, 0.25) is 0 Å². The van der Waals surface area contributed by atoms with Crippen LogP contribution in [0.1, 0.15) is 31.7 Å². The molecule has 1 amide bonds. The molecule has 0 fully saturated rings. The number of aliphatic carboxylic acids is 1. The van der Waals surface area contributed by atoms with Crippen LogP contribution in [-0.2, 0) is 16.0 Å². The molecule has 0 heterocycles. The SMILES string of the molecule is CCOc1ccc(CC(CNC(=O)C2CC=CCC2)C(=O)O)cc1. The van der Waals surface area contributed by atoms with E-state index in [2.05, 4.69) is 11.4 Å². The number of nitrogens with one attached hydrogen (secondary N) is 1. The van der Waals surface area contributed by atoms with Crippen LogP contribution < -0.4 is 10.1 Å². The van der Waals surface area contributed by atoms with Gasteiger partial charge in [0, 0.05) is 12.5 Å². The fourth-order valence-corrected chi connectivity index (χ4v) is 2.82. The topological polar surface area (TPSA) is 75.6 Å². The Morgan fingerprint density at radius 2 is 2.04 bits per heavy atom. The highest BCUT2D eigenvalue weighted by Crippen LogP contribution is 2.19. The molecule has 1 aliphatic carbocycles. The summed E-state index contributed by atoms with van der Waals surface area (Å²) in [6.07, 6.45) is 6.96. The number of ether oxygens (including phenoxy) is 1. The summed E-state index contributed by atoms with van der Waals surface area (Å²) in [5.74, 6) is -0.835. The second-order valence-corrected chi connectivity index (χ2v) is 6.04. The van der Waals surface area contributed by atoms with Crippen LogP contribution in [0, 0.1) is 11.8 Å². The van der Waals surface area contributed by atoms with Gasteiger partial charge in [0.15, 0.2) is 0 Å². The van der Waals surface area contributed by atoms with Crippen molar-refractivity contribution >= 4 is 11.9 Å². The van der Waals surface area contributed by atoms with Crippen LogP contribution in [0.5, 0.6) is 5.75 Å². The van der Waals surface area contributed by atoms with Gasteiger partial charge in [0.25, 0.3) is 0 Å². The summed E-state index contributed by atoms with van der Waals surface area (Å²) in [5.41, 5.74) is 0.917. The number of allylic oxidation sites excluding steroid dienone is 2. The molecule has 0 bridgehead atoms. The largest absolute Gasteiger partial charge is 0.494 e. The van der Waals surface area contributed by atoms with Crippen molar-refractivity contribution < 1.29 is 19.4 Å². The van der Waals surface area contributed by atoms with E-state index in [-0.39, 0.29) is 18.4 Å². The molecule has 2 N–H and O–H groups in total. The molecule has 1 aliphatic rings. The summed E-state index contributed by atoms with van der Waals surface area (Å²) < 4.78 is 5.38. The monoisotopic (exact) mass is 331 g/mol. The van der Waals surface area contributed by atoms with Crippen molar-refractivity contribution in [3.05, 3.63) is 42.0 Å². The smallest absolute Gasteiger partial charge is 0.308 e. The van der Waals surface area contributed by atoms with Crippen molar-refractivity contribution in [1.82, 2.24) is 5.32 Å². The van der Waals surface area contributed by atoms with Gasteiger partial charge in [0.2, 0.25) is 5.91 Å². The van der Waals surface area contributed by atoms with Crippen molar-refractivity contribution in [1.29, 1.82) is 0 Å². The first-order valence-corrected chi connectivity index (χ1v) is 8.47. The first-order valence-electron chi connectivity index (χ1n) is 8.47. The van der Waals surface area contributed by atoms with Gasteiger partial charge in [-0.3, -0.25) is 9.59 Å². The Morgan fingerprint density at radius 3 is 2.62 bits per heavy atom. The first kappa shape index (κ1) is 18.0. The molecule has 0 saturated heterocycles. The average molecular weight is 331 g/mol. The average Bonchev–Trinajstić information content (AvgIpc) is 2.60.